The van der Waals surface area contributed by atoms with E-state index in [1.165, 1.54) is 17.1 Å². The molecule has 0 spiro atoms. The summed E-state index contributed by atoms with van der Waals surface area (Å²) in [4.78, 5) is 46.8. The van der Waals surface area contributed by atoms with Crippen molar-refractivity contribution in [1.29, 1.82) is 0 Å². The van der Waals surface area contributed by atoms with Gasteiger partial charge in [0.25, 0.3) is 11.8 Å². The summed E-state index contributed by atoms with van der Waals surface area (Å²) in [6, 6.07) is 2.70. The first kappa shape index (κ1) is 25.5. The zero-order valence-electron chi connectivity index (χ0n) is 19.0. The zero-order valence-corrected chi connectivity index (χ0v) is 20.6. The second kappa shape index (κ2) is 10.2. The number of amides is 2. The Morgan fingerprint density at radius 2 is 2.19 bits per heavy atom. The minimum Gasteiger partial charge on any atom is -0.477 e. The van der Waals surface area contributed by atoms with Crippen molar-refractivity contribution in [2.45, 2.75) is 38.4 Å². The highest BCUT2D eigenvalue weighted by Crippen LogP contribution is 2.40. The van der Waals surface area contributed by atoms with E-state index in [1.807, 2.05) is 36.7 Å². The lowest BCUT2D eigenvalue weighted by atomic mass is 10.0. The number of nitrogens with one attached hydrogen (secondary N) is 1. The number of carboxylic acid groups (broad SMARTS) is 1. The van der Waals surface area contributed by atoms with Crippen molar-refractivity contribution >= 4 is 51.7 Å². The minimum absolute atomic E-state index is 0.0711. The number of carboxylic acids is 1. The molecule has 2 aliphatic rings. The fraction of sp³-hybridized carbons (Fsp3) is 0.333. The first-order valence-corrected chi connectivity index (χ1v) is 12.4. The van der Waals surface area contributed by atoms with E-state index < -0.39 is 41.5 Å². The van der Waals surface area contributed by atoms with Crippen LogP contribution in [0.25, 0.3) is 0 Å². The highest BCUT2D eigenvalue weighted by molar-refractivity contribution is 8.00. The van der Waals surface area contributed by atoms with E-state index in [2.05, 4.69) is 20.3 Å². The molecular weight excluding hydrogens is 518 g/mol. The Morgan fingerprint density at radius 1 is 1.44 bits per heavy atom. The predicted molar refractivity (Wildman–Crippen MR) is 126 cm³/mol. The molecule has 2 aromatic heterocycles. The van der Waals surface area contributed by atoms with Gasteiger partial charge in [-0.3, -0.25) is 14.5 Å². The number of aryl methyl sites for hydroxylation is 1. The fourth-order valence-corrected chi connectivity index (χ4v) is 5.72. The van der Waals surface area contributed by atoms with Gasteiger partial charge in [0.05, 0.1) is 0 Å². The number of aliphatic carboxylic acids is 1. The Labute approximate surface area is 211 Å². The number of nitrogen functional groups attached to an aromatic ring is 1. The highest BCUT2D eigenvalue weighted by atomic mass is 32.2. The number of anilines is 1. The van der Waals surface area contributed by atoms with Crippen LogP contribution in [-0.4, -0.2) is 62.3 Å². The molecule has 0 aliphatic carbocycles. The SMILES string of the molecule is Cc1ccc[n+](CC2=C(C(=O)O)N3C(=O)C(NC(=O)/C(=N/OC(F)F)c4csc(N)n4)[C@H]3SC2)c1C. The molecule has 1 saturated heterocycles. The van der Waals surface area contributed by atoms with Gasteiger partial charge in [-0.1, -0.05) is 5.16 Å². The Hall–Kier alpha value is -3.59. The molecule has 4 heterocycles. The molecule has 15 heteroatoms. The fourth-order valence-electron chi connectivity index (χ4n) is 3.84. The van der Waals surface area contributed by atoms with Gasteiger partial charge in [0, 0.05) is 35.3 Å². The largest absolute Gasteiger partial charge is 0.477 e. The molecule has 11 nitrogen and oxygen atoms in total. The number of nitrogens with two attached hydrogens (primary N) is 1. The molecule has 2 atom stereocenters. The van der Waals surface area contributed by atoms with Crippen molar-refractivity contribution < 1.29 is 37.7 Å². The highest BCUT2D eigenvalue weighted by Gasteiger charge is 2.54. The summed E-state index contributed by atoms with van der Waals surface area (Å²) in [6.45, 7) is 0.862. The van der Waals surface area contributed by atoms with Gasteiger partial charge < -0.3 is 21.0 Å². The number of aromatic nitrogens is 2. The van der Waals surface area contributed by atoms with E-state index >= 15 is 0 Å². The molecule has 1 fully saturated rings. The number of oxime groups is 1. The Balaban J connectivity index is 1.55. The zero-order chi connectivity index (χ0) is 26.1. The average Bonchev–Trinajstić information content (AvgIpc) is 3.25. The summed E-state index contributed by atoms with van der Waals surface area (Å²) >= 11 is 2.24. The Kier molecular flexibility index (Phi) is 7.21. The first-order chi connectivity index (χ1) is 17.1. The number of pyridine rings is 1. The predicted octanol–water partition coefficient (Wildman–Crippen LogP) is 1.01. The van der Waals surface area contributed by atoms with Gasteiger partial charge in [-0.2, -0.15) is 13.3 Å². The van der Waals surface area contributed by atoms with Crippen LogP contribution in [0.15, 0.2) is 40.1 Å². The number of thioether (sulfide) groups is 1. The van der Waals surface area contributed by atoms with Crippen LogP contribution in [-0.2, 0) is 25.8 Å². The summed E-state index contributed by atoms with van der Waals surface area (Å²) in [7, 11) is 0. The quantitative estimate of drug-likeness (QED) is 0.195. The van der Waals surface area contributed by atoms with Crippen LogP contribution in [0.5, 0.6) is 0 Å². The Morgan fingerprint density at radius 3 is 2.83 bits per heavy atom. The van der Waals surface area contributed by atoms with Crippen LogP contribution < -0.4 is 15.6 Å². The number of fused-ring (bicyclic) bond motifs is 1. The molecule has 0 bridgehead atoms. The van der Waals surface area contributed by atoms with Crippen molar-refractivity contribution in [2.75, 3.05) is 11.5 Å². The number of carbonyl (C=O) groups excluding carboxylic acids is 2. The smallest absolute Gasteiger partial charge is 0.407 e. The number of hydrogen-bond donors (Lipinski definition) is 3. The number of hydrogen-bond acceptors (Lipinski definition) is 9. The maximum Gasteiger partial charge on any atom is 0.407 e. The molecular formula is C21H21F2N6O5S2+. The second-order valence-electron chi connectivity index (χ2n) is 7.90. The van der Waals surface area contributed by atoms with Crippen LogP contribution in [0.4, 0.5) is 13.9 Å². The van der Waals surface area contributed by atoms with Gasteiger partial charge in [0.15, 0.2) is 29.3 Å². The van der Waals surface area contributed by atoms with Crippen molar-refractivity contribution in [3.8, 4) is 0 Å². The molecule has 36 heavy (non-hydrogen) atoms. The van der Waals surface area contributed by atoms with Crippen molar-refractivity contribution in [3.05, 3.63) is 51.9 Å². The van der Waals surface area contributed by atoms with Gasteiger partial charge >= 0.3 is 12.6 Å². The third kappa shape index (κ3) is 4.88. The maximum atomic E-state index is 13.0. The molecule has 190 valence electrons. The minimum atomic E-state index is -3.28. The molecule has 4 rings (SSSR count). The molecule has 2 aromatic rings. The topological polar surface area (TPSA) is 151 Å². The van der Waals surface area contributed by atoms with Gasteiger partial charge in [0.2, 0.25) is 0 Å². The Bertz CT molecular complexity index is 1300. The molecule has 0 saturated carbocycles. The molecule has 0 radical (unpaired) electrons. The molecule has 0 aromatic carbocycles. The van der Waals surface area contributed by atoms with Crippen LogP contribution in [0.3, 0.4) is 0 Å². The summed E-state index contributed by atoms with van der Waals surface area (Å²) in [5.41, 5.74) is 7.28. The lowest BCUT2D eigenvalue weighted by Crippen LogP contribution is -2.71. The van der Waals surface area contributed by atoms with E-state index in [9.17, 15) is 28.3 Å². The van der Waals surface area contributed by atoms with E-state index in [4.69, 9.17) is 5.73 Å². The van der Waals surface area contributed by atoms with Crippen LogP contribution in [0, 0.1) is 13.8 Å². The van der Waals surface area contributed by atoms with Crippen LogP contribution >= 0.6 is 23.1 Å². The maximum absolute atomic E-state index is 13.0. The molecule has 4 N–H and O–H groups in total. The number of rotatable bonds is 8. The van der Waals surface area contributed by atoms with E-state index in [0.29, 0.717) is 11.3 Å². The van der Waals surface area contributed by atoms with Crippen molar-refractivity contribution in [1.82, 2.24) is 15.2 Å². The molecule has 1 unspecified atom stereocenters. The van der Waals surface area contributed by atoms with E-state index in [1.54, 1.807) is 0 Å². The lowest BCUT2D eigenvalue weighted by molar-refractivity contribution is -0.695. The van der Waals surface area contributed by atoms with Gasteiger partial charge in [-0.05, 0) is 13.0 Å². The number of thiazole rings is 1. The summed E-state index contributed by atoms with van der Waals surface area (Å²) in [5, 5.41) is 16.2. The lowest BCUT2D eigenvalue weighted by Gasteiger charge is -2.49. The molecule has 2 aliphatic heterocycles. The van der Waals surface area contributed by atoms with Gasteiger partial charge in [0.1, 0.15) is 22.8 Å². The number of nitrogens with zero attached hydrogens (tertiary/aromatic N) is 4. The third-order valence-electron chi connectivity index (χ3n) is 5.71. The summed E-state index contributed by atoms with van der Waals surface area (Å²) in [5.74, 6) is -2.59. The monoisotopic (exact) mass is 539 g/mol. The second-order valence-corrected chi connectivity index (χ2v) is 9.89. The van der Waals surface area contributed by atoms with Gasteiger partial charge in [-0.15, -0.1) is 23.1 Å². The van der Waals surface area contributed by atoms with Crippen LogP contribution in [0.2, 0.25) is 0 Å². The van der Waals surface area contributed by atoms with Gasteiger partial charge in [-0.25, -0.2) is 9.78 Å². The average molecular weight is 540 g/mol. The van der Waals surface area contributed by atoms with Crippen molar-refractivity contribution in [2.24, 2.45) is 5.16 Å². The standard InChI is InChI=1S/C21H20F2N6O5S2/c1-9-4-3-5-28(10(9)2)6-11-7-35-18-14(17(31)29(18)15(11)19(32)33)26-16(30)13(27-34-20(22)23)12-8-36-21(24)25-12/h3-5,8,14,18,20H,6-7H2,1-2H3,(H3-,24,25,26,30,32,33)/p+1/b27-13+/t14?,18-/m1/s1. The van der Waals surface area contributed by atoms with E-state index in [0.717, 1.165) is 27.5 Å². The summed E-state index contributed by atoms with van der Waals surface area (Å²) < 4.78 is 27.0. The summed E-state index contributed by atoms with van der Waals surface area (Å²) in [6.07, 6.45) is 1.83. The van der Waals surface area contributed by atoms with Crippen LogP contribution in [0.1, 0.15) is 17.0 Å². The van der Waals surface area contributed by atoms with E-state index in [-0.39, 0.29) is 23.1 Å². The van der Waals surface area contributed by atoms with Crippen molar-refractivity contribution in [3.63, 3.8) is 0 Å². The number of β-lactam (4-membered cyclic amide) rings is 1. The number of halogens is 2. The first-order valence-electron chi connectivity index (χ1n) is 10.5. The number of alkyl halides is 2. The third-order valence-corrected chi connectivity index (χ3v) is 7.73. The normalized spacial score (nSPS) is 19.8. The molecule has 2 amide bonds. The number of carbonyl (C=O) groups is 3.